The molecular formula is C20H24ClN3O. The third-order valence-electron chi connectivity index (χ3n) is 5.47. The van der Waals surface area contributed by atoms with E-state index in [9.17, 15) is 0 Å². The van der Waals surface area contributed by atoms with Crippen LogP contribution in [-0.4, -0.2) is 42.1 Å². The van der Waals surface area contributed by atoms with Gasteiger partial charge in [0.05, 0.1) is 12.2 Å². The van der Waals surface area contributed by atoms with Crippen LogP contribution in [0.15, 0.2) is 42.6 Å². The van der Waals surface area contributed by atoms with Gasteiger partial charge in [0.1, 0.15) is 17.0 Å². The number of rotatable bonds is 4. The molecule has 1 aliphatic carbocycles. The normalized spacial score (nSPS) is 25.8. The van der Waals surface area contributed by atoms with Crippen LogP contribution in [0.25, 0.3) is 0 Å². The maximum Gasteiger partial charge on any atom is 0.140 e. The Morgan fingerprint density at radius 3 is 2.88 bits per heavy atom. The molecule has 2 aliphatic rings. The predicted molar refractivity (Wildman–Crippen MR) is 100 cm³/mol. The Labute approximate surface area is 154 Å². The van der Waals surface area contributed by atoms with E-state index < -0.39 is 0 Å². The Kier molecular flexibility index (Phi) is 4.93. The van der Waals surface area contributed by atoms with Gasteiger partial charge in [0, 0.05) is 12.6 Å². The topological polar surface area (TPSA) is 37.4 Å². The predicted octanol–water partition coefficient (Wildman–Crippen LogP) is 3.46. The number of hydrogen-bond acceptors (Lipinski definition) is 4. The molecule has 5 heteroatoms. The monoisotopic (exact) mass is 357 g/mol. The van der Waals surface area contributed by atoms with Crippen LogP contribution in [0.2, 0.25) is 5.15 Å². The minimum atomic E-state index is 0.0195. The first-order chi connectivity index (χ1) is 12.2. The number of halogens is 1. The Morgan fingerprint density at radius 1 is 1.24 bits per heavy atom. The number of hydrogen-bond donors (Lipinski definition) is 1. The van der Waals surface area contributed by atoms with Gasteiger partial charge in [0.25, 0.3) is 0 Å². The van der Waals surface area contributed by atoms with E-state index in [0.717, 1.165) is 25.3 Å². The van der Waals surface area contributed by atoms with Crippen LogP contribution >= 0.6 is 11.6 Å². The average molecular weight is 358 g/mol. The zero-order valence-corrected chi connectivity index (χ0v) is 15.2. The molecule has 1 aromatic heterocycles. The second kappa shape index (κ2) is 7.32. The van der Waals surface area contributed by atoms with Gasteiger partial charge in [0.2, 0.25) is 0 Å². The average Bonchev–Trinajstić information content (AvgIpc) is 3.02. The van der Waals surface area contributed by atoms with Crippen LogP contribution in [0.5, 0.6) is 5.75 Å². The number of nitrogens with zero attached hydrogens (tertiary/aromatic N) is 2. The molecule has 2 heterocycles. The number of ether oxygens (including phenoxy) is 1. The first-order valence-electron chi connectivity index (χ1n) is 9.01. The van der Waals surface area contributed by atoms with Gasteiger partial charge in [-0.2, -0.15) is 0 Å². The fraction of sp³-hybridized carbons (Fsp3) is 0.450. The smallest absolute Gasteiger partial charge is 0.140 e. The van der Waals surface area contributed by atoms with Gasteiger partial charge in [-0.05, 0) is 56.1 Å². The van der Waals surface area contributed by atoms with E-state index in [1.54, 1.807) is 12.3 Å². The summed E-state index contributed by atoms with van der Waals surface area (Å²) in [5.74, 6) is 0.770. The lowest BCUT2D eigenvalue weighted by Gasteiger charge is -2.38. The molecule has 1 unspecified atom stereocenters. The van der Waals surface area contributed by atoms with Crippen molar-refractivity contribution in [2.24, 2.45) is 0 Å². The molecule has 1 N–H and O–H groups in total. The number of pyridine rings is 1. The molecule has 2 aromatic rings. The van der Waals surface area contributed by atoms with Crippen LogP contribution in [0.4, 0.5) is 0 Å². The Hall–Kier alpha value is -1.62. The molecule has 0 spiro atoms. The third-order valence-corrected chi connectivity index (χ3v) is 5.70. The summed E-state index contributed by atoms with van der Waals surface area (Å²) in [5, 5.41) is 4.01. The van der Waals surface area contributed by atoms with Crippen molar-refractivity contribution < 1.29 is 4.74 Å². The molecule has 1 aromatic carbocycles. The maximum absolute atomic E-state index is 6.40. The van der Waals surface area contributed by atoms with Crippen molar-refractivity contribution in [1.29, 1.82) is 0 Å². The molecular weight excluding hydrogens is 334 g/mol. The summed E-state index contributed by atoms with van der Waals surface area (Å²) in [6.45, 7) is 2.18. The van der Waals surface area contributed by atoms with Crippen molar-refractivity contribution in [2.45, 2.75) is 37.5 Å². The standard InChI is InChI=1S/C20H24ClN3O/c1-24(15-6-4-10-22-12-15)18-11-14-5-2-3-7-17(14)20(18)25-16-8-9-19(21)23-13-16/h2-3,5,7-9,13,15,18,20,22H,4,6,10-12H2,1H3/t15?,18-,20-/m1/s1. The van der Waals surface area contributed by atoms with Crippen molar-refractivity contribution in [3.8, 4) is 5.75 Å². The SMILES string of the molecule is CN(C1CCCNC1)[C@@H]1Cc2ccccc2[C@H]1Oc1ccc(Cl)nc1. The second-order valence-electron chi connectivity index (χ2n) is 6.99. The molecule has 3 atom stereocenters. The highest BCUT2D eigenvalue weighted by Gasteiger charge is 2.39. The van der Waals surface area contributed by atoms with Crippen molar-refractivity contribution in [1.82, 2.24) is 15.2 Å². The molecule has 132 valence electrons. The lowest BCUT2D eigenvalue weighted by atomic mass is 10.0. The zero-order valence-electron chi connectivity index (χ0n) is 14.5. The summed E-state index contributed by atoms with van der Waals surface area (Å²) in [7, 11) is 2.24. The molecule has 4 rings (SSSR count). The van der Waals surface area contributed by atoms with Gasteiger partial charge >= 0.3 is 0 Å². The van der Waals surface area contributed by atoms with Crippen LogP contribution in [0.3, 0.4) is 0 Å². The van der Waals surface area contributed by atoms with Gasteiger partial charge < -0.3 is 10.1 Å². The number of nitrogens with one attached hydrogen (secondary N) is 1. The van der Waals surface area contributed by atoms with E-state index >= 15 is 0 Å². The van der Waals surface area contributed by atoms with Gasteiger partial charge in [-0.25, -0.2) is 4.98 Å². The number of likely N-dealkylation sites (N-methyl/N-ethyl adjacent to an activating group) is 1. The van der Waals surface area contributed by atoms with Crippen molar-refractivity contribution in [3.05, 3.63) is 58.9 Å². The summed E-state index contributed by atoms with van der Waals surface area (Å²) in [5.41, 5.74) is 2.67. The Balaban J connectivity index is 1.59. The highest BCUT2D eigenvalue weighted by atomic mass is 35.5. The van der Waals surface area contributed by atoms with Gasteiger partial charge in [-0.1, -0.05) is 35.9 Å². The molecule has 0 saturated carbocycles. The van der Waals surface area contributed by atoms with E-state index in [2.05, 4.69) is 46.5 Å². The van der Waals surface area contributed by atoms with Crippen molar-refractivity contribution >= 4 is 11.6 Å². The molecule has 0 bridgehead atoms. The van der Waals surface area contributed by atoms with Crippen LogP contribution < -0.4 is 10.1 Å². The number of benzene rings is 1. The lowest BCUT2D eigenvalue weighted by Crippen LogP contribution is -2.50. The number of fused-ring (bicyclic) bond motifs is 1. The molecule has 1 aliphatic heterocycles. The summed E-state index contributed by atoms with van der Waals surface area (Å²) >= 11 is 5.91. The first kappa shape index (κ1) is 16.8. The fourth-order valence-electron chi connectivity index (χ4n) is 4.07. The molecule has 0 amide bonds. The van der Waals surface area contributed by atoms with E-state index in [0.29, 0.717) is 17.2 Å². The van der Waals surface area contributed by atoms with Crippen LogP contribution in [-0.2, 0) is 6.42 Å². The minimum Gasteiger partial charge on any atom is -0.482 e. The minimum absolute atomic E-state index is 0.0195. The number of piperidine rings is 1. The molecule has 4 nitrogen and oxygen atoms in total. The van der Waals surface area contributed by atoms with Gasteiger partial charge in [-0.15, -0.1) is 0 Å². The summed E-state index contributed by atoms with van der Waals surface area (Å²) in [6, 6.07) is 13.2. The quantitative estimate of drug-likeness (QED) is 0.850. The third kappa shape index (κ3) is 3.52. The Bertz CT molecular complexity index is 715. The summed E-state index contributed by atoms with van der Waals surface area (Å²) in [4.78, 5) is 6.67. The fourth-order valence-corrected chi connectivity index (χ4v) is 4.18. The Morgan fingerprint density at radius 2 is 2.12 bits per heavy atom. The molecule has 25 heavy (non-hydrogen) atoms. The highest BCUT2D eigenvalue weighted by Crippen LogP contribution is 2.38. The van der Waals surface area contributed by atoms with E-state index in [1.165, 1.54) is 24.0 Å². The maximum atomic E-state index is 6.40. The number of aromatic nitrogens is 1. The van der Waals surface area contributed by atoms with E-state index in [-0.39, 0.29) is 6.10 Å². The molecule has 1 saturated heterocycles. The largest absolute Gasteiger partial charge is 0.482 e. The van der Waals surface area contributed by atoms with Crippen molar-refractivity contribution in [2.75, 3.05) is 20.1 Å². The summed E-state index contributed by atoms with van der Waals surface area (Å²) in [6.07, 6.45) is 5.23. The first-order valence-corrected chi connectivity index (χ1v) is 9.39. The lowest BCUT2D eigenvalue weighted by molar-refractivity contribution is 0.0588. The highest BCUT2D eigenvalue weighted by molar-refractivity contribution is 6.29. The summed E-state index contributed by atoms with van der Waals surface area (Å²) < 4.78 is 6.40. The van der Waals surface area contributed by atoms with Gasteiger partial charge in [-0.3, -0.25) is 4.90 Å². The van der Waals surface area contributed by atoms with E-state index in [4.69, 9.17) is 16.3 Å². The molecule has 0 radical (unpaired) electrons. The molecule has 1 fully saturated rings. The zero-order chi connectivity index (χ0) is 17.2. The van der Waals surface area contributed by atoms with Crippen LogP contribution in [0.1, 0.15) is 30.1 Å². The second-order valence-corrected chi connectivity index (χ2v) is 7.38. The van der Waals surface area contributed by atoms with E-state index in [1.807, 2.05) is 6.07 Å². The van der Waals surface area contributed by atoms with Crippen molar-refractivity contribution in [3.63, 3.8) is 0 Å². The van der Waals surface area contributed by atoms with Gasteiger partial charge in [0.15, 0.2) is 0 Å². The van der Waals surface area contributed by atoms with Crippen LogP contribution in [0, 0.1) is 0 Å².